The Morgan fingerprint density at radius 3 is 2.42 bits per heavy atom. The summed E-state index contributed by atoms with van der Waals surface area (Å²) in [6.07, 6.45) is 0. The van der Waals surface area contributed by atoms with Gasteiger partial charge in [0.05, 0.1) is 5.69 Å². The van der Waals surface area contributed by atoms with Gasteiger partial charge in [0.15, 0.2) is 5.82 Å². The lowest BCUT2D eigenvalue weighted by molar-refractivity contribution is 0.313. The summed E-state index contributed by atoms with van der Waals surface area (Å²) < 4.78 is 14.9. The fraction of sp³-hybridized carbons (Fsp3) is 0.200. The van der Waals surface area contributed by atoms with Gasteiger partial charge in [-0.1, -0.05) is 46.3 Å². The lowest BCUT2D eigenvalue weighted by atomic mass is 10.1. The number of halogens is 2. The molecule has 0 aliphatic carbocycles. The zero-order chi connectivity index (χ0) is 13.8. The second-order valence-electron chi connectivity index (χ2n) is 4.58. The van der Waals surface area contributed by atoms with Crippen LogP contribution in [0.2, 0.25) is 0 Å². The minimum absolute atomic E-state index is 0.201. The normalized spacial score (nSPS) is 10.9. The molecule has 2 rings (SSSR count). The standard InChI is InChI=1S/C15H16BrFN2/c1-19(9-11-5-2-3-7-13(11)16)10-12-6-4-8-14(18)15(12)17/h2-8H,9-10,18H2,1H3. The van der Waals surface area contributed by atoms with Crippen molar-refractivity contribution in [1.29, 1.82) is 0 Å². The molecule has 0 saturated heterocycles. The molecule has 2 N–H and O–H groups in total. The van der Waals surface area contributed by atoms with E-state index in [1.165, 1.54) is 5.56 Å². The number of rotatable bonds is 4. The molecule has 19 heavy (non-hydrogen) atoms. The number of hydrogen-bond donors (Lipinski definition) is 1. The summed E-state index contributed by atoms with van der Waals surface area (Å²) in [5, 5.41) is 0. The van der Waals surface area contributed by atoms with Crippen LogP contribution in [-0.4, -0.2) is 11.9 Å². The quantitative estimate of drug-likeness (QED) is 0.867. The predicted molar refractivity (Wildman–Crippen MR) is 80.1 cm³/mol. The number of nitrogens with zero attached hydrogens (tertiary/aromatic N) is 1. The van der Waals surface area contributed by atoms with Crippen LogP contribution < -0.4 is 5.73 Å². The molecule has 0 aliphatic heterocycles. The first kappa shape index (κ1) is 14.0. The van der Waals surface area contributed by atoms with Crippen molar-refractivity contribution in [2.24, 2.45) is 0 Å². The Labute approximate surface area is 121 Å². The summed E-state index contributed by atoms with van der Waals surface area (Å²) >= 11 is 3.52. The molecule has 2 aromatic carbocycles. The topological polar surface area (TPSA) is 29.3 Å². The molecule has 0 radical (unpaired) electrons. The van der Waals surface area contributed by atoms with Crippen LogP contribution in [0.15, 0.2) is 46.9 Å². The molecule has 0 heterocycles. The maximum atomic E-state index is 13.8. The monoisotopic (exact) mass is 322 g/mol. The maximum Gasteiger partial charge on any atom is 0.150 e. The number of nitrogens with two attached hydrogens (primary N) is 1. The highest BCUT2D eigenvalue weighted by Gasteiger charge is 2.09. The molecule has 0 saturated carbocycles. The Kier molecular flexibility index (Phi) is 4.56. The van der Waals surface area contributed by atoms with Crippen LogP contribution in [0.4, 0.5) is 10.1 Å². The van der Waals surface area contributed by atoms with Crippen molar-refractivity contribution in [2.45, 2.75) is 13.1 Å². The highest BCUT2D eigenvalue weighted by atomic mass is 79.9. The molecule has 0 fully saturated rings. The number of hydrogen-bond acceptors (Lipinski definition) is 2. The van der Waals surface area contributed by atoms with Gasteiger partial charge < -0.3 is 5.73 Å². The zero-order valence-corrected chi connectivity index (χ0v) is 12.3. The van der Waals surface area contributed by atoms with Crippen molar-refractivity contribution in [2.75, 3.05) is 12.8 Å². The third kappa shape index (κ3) is 3.55. The van der Waals surface area contributed by atoms with Gasteiger partial charge in [-0.15, -0.1) is 0 Å². The summed E-state index contributed by atoms with van der Waals surface area (Å²) in [5.41, 5.74) is 7.57. The van der Waals surface area contributed by atoms with Crippen molar-refractivity contribution >= 4 is 21.6 Å². The van der Waals surface area contributed by atoms with Crippen LogP contribution in [-0.2, 0) is 13.1 Å². The summed E-state index contributed by atoms with van der Waals surface area (Å²) in [4.78, 5) is 2.05. The van der Waals surface area contributed by atoms with Crippen molar-refractivity contribution < 1.29 is 4.39 Å². The lowest BCUT2D eigenvalue weighted by Gasteiger charge is -2.18. The molecule has 0 aliphatic rings. The average Bonchev–Trinajstić information content (AvgIpc) is 2.38. The van der Waals surface area contributed by atoms with Crippen LogP contribution in [0.5, 0.6) is 0 Å². The Bertz CT molecular complexity index is 572. The van der Waals surface area contributed by atoms with Gasteiger partial charge in [0.25, 0.3) is 0 Å². The van der Waals surface area contributed by atoms with E-state index in [0.29, 0.717) is 12.1 Å². The second kappa shape index (κ2) is 6.17. The van der Waals surface area contributed by atoms with Crippen LogP contribution in [0.25, 0.3) is 0 Å². The molecule has 0 aromatic heterocycles. The van der Waals surface area contributed by atoms with Crippen LogP contribution in [0.1, 0.15) is 11.1 Å². The molecule has 2 aromatic rings. The molecule has 0 unspecified atom stereocenters. The smallest absolute Gasteiger partial charge is 0.150 e. The first-order valence-electron chi connectivity index (χ1n) is 6.02. The molecule has 100 valence electrons. The Hall–Kier alpha value is -1.39. The second-order valence-corrected chi connectivity index (χ2v) is 5.44. The number of nitrogen functional groups attached to an aromatic ring is 1. The van der Waals surface area contributed by atoms with Crippen molar-refractivity contribution in [3.05, 3.63) is 63.9 Å². The van der Waals surface area contributed by atoms with Gasteiger partial charge in [-0.3, -0.25) is 4.90 Å². The predicted octanol–water partition coefficient (Wildman–Crippen LogP) is 3.80. The van der Waals surface area contributed by atoms with Gasteiger partial charge in [-0.2, -0.15) is 0 Å². The highest BCUT2D eigenvalue weighted by molar-refractivity contribution is 9.10. The molecule has 2 nitrogen and oxygen atoms in total. The zero-order valence-electron chi connectivity index (χ0n) is 10.7. The molecular weight excluding hydrogens is 307 g/mol. The van der Waals surface area contributed by atoms with E-state index in [4.69, 9.17) is 5.73 Å². The van der Waals surface area contributed by atoms with E-state index < -0.39 is 0 Å². The third-order valence-corrected chi connectivity index (χ3v) is 3.72. The summed E-state index contributed by atoms with van der Waals surface area (Å²) in [6, 6.07) is 13.1. The van der Waals surface area contributed by atoms with E-state index in [0.717, 1.165) is 11.0 Å². The average molecular weight is 323 g/mol. The van der Waals surface area contributed by atoms with E-state index in [9.17, 15) is 4.39 Å². The van der Waals surface area contributed by atoms with E-state index in [-0.39, 0.29) is 11.5 Å². The fourth-order valence-corrected chi connectivity index (χ4v) is 2.40. The van der Waals surface area contributed by atoms with Gasteiger partial charge in [0.2, 0.25) is 0 Å². The van der Waals surface area contributed by atoms with Gasteiger partial charge in [-0.25, -0.2) is 4.39 Å². The van der Waals surface area contributed by atoms with E-state index >= 15 is 0 Å². The minimum Gasteiger partial charge on any atom is -0.396 e. The number of anilines is 1. The summed E-state index contributed by atoms with van der Waals surface area (Å²) in [7, 11) is 1.96. The fourth-order valence-electron chi connectivity index (χ4n) is 1.99. The Morgan fingerprint density at radius 1 is 1.05 bits per heavy atom. The molecule has 0 amide bonds. The van der Waals surface area contributed by atoms with Gasteiger partial charge in [0, 0.05) is 23.1 Å². The van der Waals surface area contributed by atoms with Crippen molar-refractivity contribution in [1.82, 2.24) is 4.90 Å². The molecular formula is C15H16BrFN2. The lowest BCUT2D eigenvalue weighted by Crippen LogP contribution is -2.18. The highest BCUT2D eigenvalue weighted by Crippen LogP contribution is 2.20. The Balaban J connectivity index is 2.08. The van der Waals surface area contributed by atoms with E-state index in [1.807, 2.05) is 25.2 Å². The largest absolute Gasteiger partial charge is 0.396 e. The van der Waals surface area contributed by atoms with E-state index in [1.54, 1.807) is 18.2 Å². The first-order chi connectivity index (χ1) is 9.08. The molecule has 0 spiro atoms. The maximum absolute atomic E-state index is 13.8. The Morgan fingerprint density at radius 2 is 1.68 bits per heavy atom. The van der Waals surface area contributed by atoms with Crippen molar-refractivity contribution in [3.63, 3.8) is 0 Å². The molecule has 0 atom stereocenters. The van der Waals surface area contributed by atoms with Crippen LogP contribution in [0.3, 0.4) is 0 Å². The van der Waals surface area contributed by atoms with Crippen LogP contribution >= 0.6 is 15.9 Å². The summed E-state index contributed by atoms with van der Waals surface area (Å²) in [6.45, 7) is 1.27. The number of benzene rings is 2. The minimum atomic E-state index is -0.318. The SMILES string of the molecule is CN(Cc1ccccc1Br)Cc1cccc(N)c1F. The molecule has 4 heteroatoms. The van der Waals surface area contributed by atoms with Gasteiger partial charge in [0.1, 0.15) is 0 Å². The van der Waals surface area contributed by atoms with Crippen LogP contribution in [0, 0.1) is 5.82 Å². The third-order valence-electron chi connectivity index (χ3n) is 2.95. The van der Waals surface area contributed by atoms with Gasteiger partial charge in [-0.05, 0) is 24.7 Å². The summed E-state index contributed by atoms with van der Waals surface area (Å²) in [5.74, 6) is -0.318. The van der Waals surface area contributed by atoms with Crippen molar-refractivity contribution in [3.8, 4) is 0 Å². The van der Waals surface area contributed by atoms with E-state index in [2.05, 4.69) is 26.9 Å². The first-order valence-corrected chi connectivity index (χ1v) is 6.82. The molecule has 0 bridgehead atoms. The van der Waals surface area contributed by atoms with Gasteiger partial charge >= 0.3 is 0 Å².